The average molecular weight is 246 g/mol. The van der Waals surface area contributed by atoms with Gasteiger partial charge in [0.1, 0.15) is 0 Å². The van der Waals surface area contributed by atoms with Crippen LogP contribution in [0.5, 0.6) is 0 Å². The minimum Gasteiger partial charge on any atom is -0.478 e. The van der Waals surface area contributed by atoms with E-state index < -0.39 is 5.97 Å². The zero-order chi connectivity index (χ0) is 12.5. The molecule has 1 unspecified atom stereocenters. The Morgan fingerprint density at radius 2 is 2.39 bits per heavy atom. The van der Waals surface area contributed by atoms with E-state index >= 15 is 0 Å². The fourth-order valence-electron chi connectivity index (χ4n) is 2.27. The predicted octanol–water partition coefficient (Wildman–Crippen LogP) is 0.894. The summed E-state index contributed by atoms with van der Waals surface area (Å²) in [6.07, 6.45) is 3.71. The topological polar surface area (TPSA) is 79.5 Å². The zero-order valence-corrected chi connectivity index (χ0v) is 9.83. The lowest BCUT2D eigenvalue weighted by molar-refractivity contribution is 0.0696. The Kier molecular flexibility index (Phi) is 2.71. The Labute approximate surface area is 104 Å². The predicted molar refractivity (Wildman–Crippen MR) is 64.8 cm³/mol. The summed E-state index contributed by atoms with van der Waals surface area (Å²) < 4.78 is 1.55. The van der Waals surface area contributed by atoms with E-state index in [2.05, 4.69) is 15.4 Å². The molecule has 0 aliphatic carbocycles. The van der Waals surface area contributed by atoms with Crippen LogP contribution in [-0.4, -0.2) is 38.8 Å². The molecule has 3 rings (SSSR count). The molecule has 2 N–H and O–H groups in total. The van der Waals surface area contributed by atoms with Gasteiger partial charge in [-0.1, -0.05) is 0 Å². The first-order valence-corrected chi connectivity index (χ1v) is 6.04. The number of carbonyl (C=O) groups is 1. The van der Waals surface area contributed by atoms with Crippen molar-refractivity contribution in [2.75, 3.05) is 13.1 Å². The second kappa shape index (κ2) is 4.38. The van der Waals surface area contributed by atoms with Gasteiger partial charge in [-0.25, -0.2) is 14.3 Å². The fourth-order valence-corrected chi connectivity index (χ4v) is 2.27. The van der Waals surface area contributed by atoms with Crippen molar-refractivity contribution in [2.24, 2.45) is 0 Å². The van der Waals surface area contributed by atoms with Crippen molar-refractivity contribution in [1.82, 2.24) is 19.9 Å². The standard InChI is InChI=1S/C12H14N4O2/c17-12(18)9-3-4-10-14-11(15-16(10)7-9)8-2-1-5-13-6-8/h3-4,7-8,13H,1-2,5-6H2,(H,17,18). The summed E-state index contributed by atoms with van der Waals surface area (Å²) in [6, 6.07) is 3.24. The summed E-state index contributed by atoms with van der Waals surface area (Å²) in [5.74, 6) is 0.171. The number of aromatic nitrogens is 3. The number of aromatic carboxylic acids is 1. The van der Waals surface area contributed by atoms with Gasteiger partial charge in [-0.05, 0) is 31.5 Å². The minimum atomic E-state index is -0.951. The Balaban J connectivity index is 1.97. The number of nitrogens with zero attached hydrogens (tertiary/aromatic N) is 3. The largest absolute Gasteiger partial charge is 0.478 e. The van der Waals surface area contributed by atoms with Crippen molar-refractivity contribution in [3.8, 4) is 0 Å². The molecule has 18 heavy (non-hydrogen) atoms. The molecule has 3 heterocycles. The van der Waals surface area contributed by atoms with E-state index in [1.165, 1.54) is 6.20 Å². The molecule has 0 radical (unpaired) electrons. The van der Waals surface area contributed by atoms with Crippen LogP contribution in [0.25, 0.3) is 5.65 Å². The molecule has 0 saturated carbocycles. The molecule has 0 spiro atoms. The number of hydrogen-bond acceptors (Lipinski definition) is 4. The van der Waals surface area contributed by atoms with E-state index in [1.807, 2.05) is 0 Å². The maximum atomic E-state index is 10.9. The summed E-state index contributed by atoms with van der Waals surface area (Å²) in [7, 11) is 0. The molecule has 1 aliphatic rings. The van der Waals surface area contributed by atoms with Crippen LogP contribution in [0.2, 0.25) is 0 Å². The molecule has 6 heteroatoms. The molecule has 0 bridgehead atoms. The first-order valence-electron chi connectivity index (χ1n) is 6.04. The summed E-state index contributed by atoms with van der Waals surface area (Å²) in [5, 5.41) is 16.6. The smallest absolute Gasteiger partial charge is 0.337 e. The lowest BCUT2D eigenvalue weighted by Gasteiger charge is -2.19. The number of fused-ring (bicyclic) bond motifs is 1. The van der Waals surface area contributed by atoms with E-state index in [-0.39, 0.29) is 5.56 Å². The lowest BCUT2D eigenvalue weighted by Crippen LogP contribution is -2.28. The number of hydrogen-bond donors (Lipinski definition) is 2. The molecular weight excluding hydrogens is 232 g/mol. The van der Waals surface area contributed by atoms with E-state index in [9.17, 15) is 4.79 Å². The zero-order valence-electron chi connectivity index (χ0n) is 9.83. The van der Waals surface area contributed by atoms with Crippen LogP contribution in [-0.2, 0) is 0 Å². The van der Waals surface area contributed by atoms with Crippen molar-refractivity contribution in [3.05, 3.63) is 29.7 Å². The van der Waals surface area contributed by atoms with Gasteiger partial charge in [0, 0.05) is 18.7 Å². The highest BCUT2D eigenvalue weighted by molar-refractivity contribution is 5.87. The summed E-state index contributed by atoms with van der Waals surface area (Å²) in [6.45, 7) is 1.94. The Morgan fingerprint density at radius 3 is 3.11 bits per heavy atom. The van der Waals surface area contributed by atoms with Gasteiger partial charge in [-0.3, -0.25) is 0 Å². The van der Waals surface area contributed by atoms with Gasteiger partial charge in [0.15, 0.2) is 11.5 Å². The summed E-state index contributed by atoms with van der Waals surface area (Å²) >= 11 is 0. The van der Waals surface area contributed by atoms with Crippen molar-refractivity contribution in [3.63, 3.8) is 0 Å². The normalized spacial score (nSPS) is 20.1. The number of nitrogens with one attached hydrogen (secondary N) is 1. The van der Waals surface area contributed by atoms with Gasteiger partial charge >= 0.3 is 5.97 Å². The van der Waals surface area contributed by atoms with Crippen molar-refractivity contribution >= 4 is 11.6 Å². The third-order valence-electron chi connectivity index (χ3n) is 3.26. The third kappa shape index (κ3) is 1.95. The highest BCUT2D eigenvalue weighted by Crippen LogP contribution is 2.20. The molecule has 1 saturated heterocycles. The van der Waals surface area contributed by atoms with Gasteiger partial charge in [0.2, 0.25) is 0 Å². The highest BCUT2D eigenvalue weighted by atomic mass is 16.4. The van der Waals surface area contributed by atoms with Crippen LogP contribution in [0.4, 0.5) is 0 Å². The Bertz CT molecular complexity index is 587. The van der Waals surface area contributed by atoms with E-state index in [1.54, 1.807) is 16.6 Å². The molecule has 0 aromatic carbocycles. The molecule has 2 aromatic heterocycles. The van der Waals surface area contributed by atoms with Crippen molar-refractivity contribution in [1.29, 1.82) is 0 Å². The van der Waals surface area contributed by atoms with Crippen LogP contribution in [0.1, 0.15) is 34.9 Å². The van der Waals surface area contributed by atoms with Crippen LogP contribution in [0.15, 0.2) is 18.3 Å². The SMILES string of the molecule is O=C(O)c1ccc2nc(C3CCCNC3)nn2c1. The molecule has 0 amide bonds. The van der Waals surface area contributed by atoms with Gasteiger partial charge in [-0.15, -0.1) is 0 Å². The van der Waals surface area contributed by atoms with Crippen LogP contribution < -0.4 is 5.32 Å². The summed E-state index contributed by atoms with van der Waals surface area (Å²) in [5.41, 5.74) is 0.918. The Morgan fingerprint density at radius 1 is 1.50 bits per heavy atom. The maximum Gasteiger partial charge on any atom is 0.337 e. The molecular formula is C12H14N4O2. The maximum absolute atomic E-state index is 10.9. The first kappa shape index (κ1) is 11.2. The van der Waals surface area contributed by atoms with Crippen LogP contribution >= 0.6 is 0 Å². The monoisotopic (exact) mass is 246 g/mol. The number of carboxylic acids is 1. The number of pyridine rings is 1. The highest BCUT2D eigenvalue weighted by Gasteiger charge is 2.19. The first-order chi connectivity index (χ1) is 8.74. The van der Waals surface area contributed by atoms with Gasteiger partial charge in [-0.2, -0.15) is 5.10 Å². The van der Waals surface area contributed by atoms with E-state index in [4.69, 9.17) is 5.11 Å². The molecule has 2 aromatic rings. The lowest BCUT2D eigenvalue weighted by atomic mass is 9.99. The van der Waals surface area contributed by atoms with E-state index in [0.717, 1.165) is 31.8 Å². The Hall–Kier alpha value is -1.95. The summed E-state index contributed by atoms with van der Waals surface area (Å²) in [4.78, 5) is 15.3. The van der Waals surface area contributed by atoms with Gasteiger partial charge in [0.25, 0.3) is 0 Å². The van der Waals surface area contributed by atoms with Crippen LogP contribution in [0, 0.1) is 0 Å². The van der Waals surface area contributed by atoms with Gasteiger partial charge in [0.05, 0.1) is 5.56 Å². The molecule has 94 valence electrons. The van der Waals surface area contributed by atoms with Gasteiger partial charge < -0.3 is 10.4 Å². The number of carboxylic acid groups (broad SMARTS) is 1. The van der Waals surface area contributed by atoms with Crippen LogP contribution in [0.3, 0.4) is 0 Å². The fraction of sp³-hybridized carbons (Fsp3) is 0.417. The van der Waals surface area contributed by atoms with Crippen molar-refractivity contribution in [2.45, 2.75) is 18.8 Å². The second-order valence-electron chi connectivity index (χ2n) is 4.54. The average Bonchev–Trinajstić information content (AvgIpc) is 2.82. The number of piperidine rings is 1. The quantitative estimate of drug-likeness (QED) is 0.822. The second-order valence-corrected chi connectivity index (χ2v) is 4.54. The molecule has 1 atom stereocenters. The molecule has 6 nitrogen and oxygen atoms in total. The van der Waals surface area contributed by atoms with E-state index in [0.29, 0.717) is 11.6 Å². The molecule has 1 fully saturated rings. The molecule has 1 aliphatic heterocycles. The third-order valence-corrected chi connectivity index (χ3v) is 3.26. The minimum absolute atomic E-state index is 0.223. The number of rotatable bonds is 2. The van der Waals surface area contributed by atoms with Crippen molar-refractivity contribution < 1.29 is 9.90 Å².